The molecule has 2 aromatic rings. The van der Waals surface area contributed by atoms with Crippen molar-refractivity contribution in [3.05, 3.63) is 42.6 Å². The Bertz CT molecular complexity index is 934. The fraction of sp³-hybridized carbons (Fsp3) is 0.600. The Morgan fingerprint density at radius 3 is 2.22 bits per heavy atom. The maximum Gasteiger partial charge on any atom is 0.328 e. The van der Waals surface area contributed by atoms with Gasteiger partial charge in [0.15, 0.2) is 0 Å². The number of carboxylic acid groups (broad SMARTS) is 1. The smallest absolute Gasteiger partial charge is 0.328 e. The van der Waals surface area contributed by atoms with Crippen molar-refractivity contribution in [1.29, 1.82) is 0 Å². The summed E-state index contributed by atoms with van der Waals surface area (Å²) >= 11 is 0. The average molecular weight is 499 g/mol. The number of hydrogen-bond acceptors (Lipinski definition) is 3. The molecule has 1 heterocycles. The number of unbranched alkanes of at least 4 members (excludes halogenated alkanes) is 11. The van der Waals surface area contributed by atoms with Gasteiger partial charge in [0, 0.05) is 23.5 Å². The van der Waals surface area contributed by atoms with Crippen LogP contribution < -0.4 is 10.1 Å². The van der Waals surface area contributed by atoms with Gasteiger partial charge in [0.25, 0.3) is 0 Å². The number of methoxy groups -OCH3 is 1. The van der Waals surface area contributed by atoms with Gasteiger partial charge in [-0.1, -0.05) is 70.4 Å². The molecule has 0 spiro atoms. The standard InChI is InChI=1S/C30H46N2O4/c1-3-4-5-6-7-8-9-10-11-12-13-14-15-16-17-18-29(33)31-27(30(34)35)24-32-22-21-25-23-26(36-2)19-20-28(25)32/h10-11,19-23,27H,3-9,12-18,24H2,1-2H3,(H,31,33)(H,34,35). The van der Waals surface area contributed by atoms with Gasteiger partial charge in [0.05, 0.1) is 13.7 Å². The Hall–Kier alpha value is -2.76. The molecule has 0 saturated carbocycles. The fourth-order valence-corrected chi connectivity index (χ4v) is 4.47. The molecule has 36 heavy (non-hydrogen) atoms. The summed E-state index contributed by atoms with van der Waals surface area (Å²) < 4.78 is 7.10. The van der Waals surface area contributed by atoms with Gasteiger partial charge in [-0.2, -0.15) is 0 Å². The number of fused-ring (bicyclic) bond motifs is 1. The quantitative estimate of drug-likeness (QED) is 0.149. The molecule has 0 fully saturated rings. The van der Waals surface area contributed by atoms with E-state index >= 15 is 0 Å². The van der Waals surface area contributed by atoms with Crippen molar-refractivity contribution in [3.63, 3.8) is 0 Å². The highest BCUT2D eigenvalue weighted by atomic mass is 16.5. The van der Waals surface area contributed by atoms with Crippen molar-refractivity contribution in [1.82, 2.24) is 9.88 Å². The van der Waals surface area contributed by atoms with Crippen LogP contribution in [-0.2, 0) is 16.1 Å². The summed E-state index contributed by atoms with van der Waals surface area (Å²) in [5.41, 5.74) is 0.911. The topological polar surface area (TPSA) is 80.6 Å². The summed E-state index contributed by atoms with van der Waals surface area (Å²) in [7, 11) is 1.62. The SMILES string of the molecule is CCCCCCCCC=CCCCCCCCC(=O)NC(Cn1ccc2cc(OC)ccc21)C(=O)O. The lowest BCUT2D eigenvalue weighted by atomic mass is 10.1. The number of carbonyl (C=O) groups excluding carboxylic acids is 1. The first-order valence-electron chi connectivity index (χ1n) is 13.8. The van der Waals surface area contributed by atoms with E-state index in [-0.39, 0.29) is 12.5 Å². The van der Waals surface area contributed by atoms with Gasteiger partial charge in [-0.15, -0.1) is 0 Å². The number of carbonyl (C=O) groups is 2. The predicted octanol–water partition coefficient (Wildman–Crippen LogP) is 7.26. The van der Waals surface area contributed by atoms with Gasteiger partial charge in [0.2, 0.25) is 5.91 Å². The summed E-state index contributed by atoms with van der Waals surface area (Å²) in [5, 5.41) is 13.3. The van der Waals surface area contributed by atoms with E-state index in [1.165, 1.54) is 57.8 Å². The highest BCUT2D eigenvalue weighted by Crippen LogP contribution is 2.22. The first-order valence-corrected chi connectivity index (χ1v) is 13.8. The minimum atomic E-state index is -1.02. The first-order chi connectivity index (χ1) is 17.5. The third kappa shape index (κ3) is 11.3. The normalized spacial score (nSPS) is 12.3. The van der Waals surface area contributed by atoms with Crippen LogP contribution in [0, 0.1) is 0 Å². The van der Waals surface area contributed by atoms with E-state index in [9.17, 15) is 14.7 Å². The van der Waals surface area contributed by atoms with Crippen molar-refractivity contribution in [2.24, 2.45) is 0 Å². The first kappa shape index (κ1) is 29.5. The second kappa shape index (κ2) is 17.6. The van der Waals surface area contributed by atoms with E-state index in [1.807, 2.05) is 35.0 Å². The number of allylic oxidation sites excluding steroid dienone is 2. The number of benzene rings is 1. The zero-order chi connectivity index (χ0) is 26.0. The maximum atomic E-state index is 12.4. The molecule has 200 valence electrons. The zero-order valence-corrected chi connectivity index (χ0v) is 22.3. The summed E-state index contributed by atoms with van der Waals surface area (Å²) in [6, 6.07) is 6.62. The van der Waals surface area contributed by atoms with E-state index < -0.39 is 12.0 Å². The van der Waals surface area contributed by atoms with Crippen LogP contribution in [0.5, 0.6) is 5.75 Å². The molecule has 0 radical (unpaired) electrons. The molecule has 1 aromatic carbocycles. The molecule has 2 rings (SSSR count). The van der Waals surface area contributed by atoms with E-state index in [0.717, 1.165) is 42.3 Å². The minimum Gasteiger partial charge on any atom is -0.497 e. The van der Waals surface area contributed by atoms with Gasteiger partial charge >= 0.3 is 5.97 Å². The van der Waals surface area contributed by atoms with Gasteiger partial charge in [0.1, 0.15) is 11.8 Å². The summed E-state index contributed by atoms with van der Waals surface area (Å²) in [6.07, 6.45) is 22.5. The van der Waals surface area contributed by atoms with E-state index in [4.69, 9.17) is 4.74 Å². The second-order valence-electron chi connectivity index (χ2n) is 9.69. The number of aliphatic carboxylic acids is 1. The van der Waals surface area contributed by atoms with Crippen molar-refractivity contribution in [2.75, 3.05) is 7.11 Å². The molecular formula is C30H46N2O4. The molecule has 0 bridgehead atoms. The molecule has 1 unspecified atom stereocenters. The molecule has 1 amide bonds. The van der Waals surface area contributed by atoms with E-state index in [2.05, 4.69) is 24.4 Å². The Balaban J connectivity index is 1.57. The molecule has 0 aliphatic heterocycles. The molecule has 1 atom stereocenters. The van der Waals surface area contributed by atoms with Crippen LogP contribution >= 0.6 is 0 Å². The van der Waals surface area contributed by atoms with Crippen molar-refractivity contribution < 1.29 is 19.4 Å². The van der Waals surface area contributed by atoms with Crippen molar-refractivity contribution >= 4 is 22.8 Å². The average Bonchev–Trinajstić information content (AvgIpc) is 3.27. The molecule has 6 nitrogen and oxygen atoms in total. The Morgan fingerprint density at radius 2 is 1.58 bits per heavy atom. The lowest BCUT2D eigenvalue weighted by Crippen LogP contribution is -2.43. The van der Waals surface area contributed by atoms with E-state index in [1.54, 1.807) is 7.11 Å². The number of rotatable bonds is 20. The van der Waals surface area contributed by atoms with E-state index in [0.29, 0.717) is 6.42 Å². The number of aromatic nitrogens is 1. The molecule has 6 heteroatoms. The van der Waals surface area contributed by atoms with Crippen LogP contribution in [0.25, 0.3) is 10.9 Å². The predicted molar refractivity (Wildman–Crippen MR) is 148 cm³/mol. The monoisotopic (exact) mass is 498 g/mol. The summed E-state index contributed by atoms with van der Waals surface area (Å²) in [6.45, 7) is 2.44. The number of nitrogens with one attached hydrogen (secondary N) is 1. The molecular weight excluding hydrogens is 452 g/mol. The number of hydrogen-bond donors (Lipinski definition) is 2. The highest BCUT2D eigenvalue weighted by molar-refractivity contribution is 5.84. The third-order valence-corrected chi connectivity index (χ3v) is 6.66. The van der Waals surface area contributed by atoms with Gasteiger partial charge < -0.3 is 19.7 Å². The third-order valence-electron chi connectivity index (χ3n) is 6.66. The molecule has 2 N–H and O–H groups in total. The van der Waals surface area contributed by atoms with Gasteiger partial charge in [-0.3, -0.25) is 4.79 Å². The molecule has 1 aromatic heterocycles. The van der Waals surface area contributed by atoms with Gasteiger partial charge in [-0.25, -0.2) is 4.79 Å². The van der Waals surface area contributed by atoms with Crippen molar-refractivity contribution in [3.8, 4) is 5.75 Å². The number of nitrogens with zero attached hydrogens (tertiary/aromatic N) is 1. The zero-order valence-electron chi connectivity index (χ0n) is 22.3. The molecule has 0 aliphatic rings. The Labute approximate surface area is 217 Å². The van der Waals surface area contributed by atoms with Crippen LogP contribution in [0.15, 0.2) is 42.6 Å². The number of carboxylic acids is 1. The lowest BCUT2D eigenvalue weighted by molar-refractivity contribution is -0.142. The molecule has 0 aliphatic carbocycles. The minimum absolute atomic E-state index is 0.184. The number of ether oxygens (including phenoxy) is 1. The fourth-order valence-electron chi connectivity index (χ4n) is 4.47. The number of amides is 1. The van der Waals surface area contributed by atoms with Crippen LogP contribution in [0.2, 0.25) is 0 Å². The Kier molecular flexibility index (Phi) is 14.4. The largest absolute Gasteiger partial charge is 0.497 e. The Morgan fingerprint density at radius 1 is 0.944 bits per heavy atom. The highest BCUT2D eigenvalue weighted by Gasteiger charge is 2.21. The lowest BCUT2D eigenvalue weighted by Gasteiger charge is -2.16. The van der Waals surface area contributed by atoms with Crippen LogP contribution in [0.3, 0.4) is 0 Å². The summed E-state index contributed by atoms with van der Waals surface area (Å²) in [5.74, 6) is -0.468. The van der Waals surface area contributed by atoms with Crippen LogP contribution in [-0.4, -0.2) is 34.7 Å². The maximum absolute atomic E-state index is 12.4. The molecule has 0 saturated heterocycles. The van der Waals surface area contributed by atoms with Crippen molar-refractivity contribution in [2.45, 2.75) is 109 Å². The van der Waals surface area contributed by atoms with Crippen LogP contribution in [0.1, 0.15) is 96.8 Å². The van der Waals surface area contributed by atoms with Gasteiger partial charge in [-0.05, 0) is 56.4 Å². The summed E-state index contributed by atoms with van der Waals surface area (Å²) in [4.78, 5) is 24.1. The second-order valence-corrected chi connectivity index (χ2v) is 9.69. The van der Waals surface area contributed by atoms with Crippen LogP contribution in [0.4, 0.5) is 0 Å².